The Bertz CT molecular complexity index is 1070. The van der Waals surface area contributed by atoms with Crippen molar-refractivity contribution in [3.8, 4) is 11.1 Å². The molecule has 178 valence electrons. The molecule has 34 heavy (non-hydrogen) atoms. The van der Waals surface area contributed by atoms with Gasteiger partial charge in [0.2, 0.25) is 5.91 Å². The molecule has 0 bridgehead atoms. The topological polar surface area (TPSA) is 95.9 Å². The normalized spacial score (nSPS) is 23.1. The average Bonchev–Trinajstić information content (AvgIpc) is 3.17. The number of carboxylic acid groups (broad SMARTS) is 1. The van der Waals surface area contributed by atoms with E-state index >= 15 is 0 Å². The van der Waals surface area contributed by atoms with E-state index in [2.05, 4.69) is 29.6 Å². The summed E-state index contributed by atoms with van der Waals surface area (Å²) in [4.78, 5) is 38.9. The van der Waals surface area contributed by atoms with E-state index in [0.717, 1.165) is 22.3 Å². The van der Waals surface area contributed by atoms with Crippen LogP contribution in [0.2, 0.25) is 0 Å². The Morgan fingerprint density at radius 1 is 1.00 bits per heavy atom. The Kier molecular flexibility index (Phi) is 5.80. The molecule has 2 N–H and O–H groups in total. The monoisotopic (exact) mass is 462 g/mol. The molecule has 1 unspecified atom stereocenters. The van der Waals surface area contributed by atoms with Gasteiger partial charge in [0.15, 0.2) is 0 Å². The number of carbonyl (C=O) groups is 3. The first-order chi connectivity index (χ1) is 16.3. The van der Waals surface area contributed by atoms with Crippen LogP contribution in [0.5, 0.6) is 0 Å². The molecule has 2 aromatic rings. The van der Waals surface area contributed by atoms with Gasteiger partial charge in [-0.05, 0) is 46.4 Å². The highest BCUT2D eigenvalue weighted by molar-refractivity contribution is 5.87. The molecule has 2 aromatic carbocycles. The molecule has 0 aromatic heterocycles. The van der Waals surface area contributed by atoms with Crippen molar-refractivity contribution in [1.82, 2.24) is 10.2 Å². The minimum absolute atomic E-state index is 0.0376. The third-order valence-corrected chi connectivity index (χ3v) is 7.43. The first kappa shape index (κ1) is 22.4. The minimum atomic E-state index is -0.780. The second-order valence-corrected chi connectivity index (χ2v) is 10.1. The summed E-state index contributed by atoms with van der Waals surface area (Å²) in [5, 5.41) is 12.0. The Balaban J connectivity index is 1.22. The fraction of sp³-hybridized carbons (Fsp3) is 0.444. The van der Waals surface area contributed by atoms with Gasteiger partial charge in [0.25, 0.3) is 0 Å². The van der Waals surface area contributed by atoms with E-state index in [4.69, 9.17) is 4.74 Å². The molecule has 7 nitrogen and oxygen atoms in total. The summed E-state index contributed by atoms with van der Waals surface area (Å²) in [6, 6.07) is 15.6. The van der Waals surface area contributed by atoms with Gasteiger partial charge >= 0.3 is 12.1 Å². The number of aliphatic carboxylic acids is 1. The van der Waals surface area contributed by atoms with E-state index < -0.39 is 18.1 Å². The van der Waals surface area contributed by atoms with Gasteiger partial charge in [-0.2, -0.15) is 0 Å². The van der Waals surface area contributed by atoms with Crippen LogP contribution in [-0.4, -0.2) is 53.7 Å². The SMILES string of the molecule is CC(C)C[C@H](NC(=O)OCC1c2ccccc2-c2ccccc21)C(=O)N1C[C@@H]2C(C(=O)O)[C@@H]2C1. The summed E-state index contributed by atoms with van der Waals surface area (Å²) in [6.07, 6.45) is -0.106. The lowest BCUT2D eigenvalue weighted by Crippen LogP contribution is -2.49. The molecule has 1 saturated carbocycles. The van der Waals surface area contributed by atoms with Gasteiger partial charge in [0.05, 0.1) is 5.92 Å². The van der Waals surface area contributed by atoms with E-state index in [-0.39, 0.29) is 42.1 Å². The summed E-state index contributed by atoms with van der Waals surface area (Å²) in [6.45, 7) is 5.09. The zero-order valence-corrected chi connectivity index (χ0v) is 19.4. The first-order valence-electron chi connectivity index (χ1n) is 12.0. The molecular weight excluding hydrogens is 432 g/mol. The van der Waals surface area contributed by atoms with Crippen LogP contribution in [0.3, 0.4) is 0 Å². The number of carbonyl (C=O) groups excluding carboxylic acids is 2. The van der Waals surface area contributed by atoms with Crippen LogP contribution in [0.15, 0.2) is 48.5 Å². The molecule has 1 saturated heterocycles. The number of piperidine rings is 1. The van der Waals surface area contributed by atoms with E-state index in [0.29, 0.717) is 19.5 Å². The van der Waals surface area contributed by atoms with Crippen LogP contribution in [0.25, 0.3) is 11.1 Å². The molecule has 1 aliphatic heterocycles. The van der Waals surface area contributed by atoms with Crippen LogP contribution in [0.1, 0.15) is 37.3 Å². The van der Waals surface area contributed by atoms with Crippen molar-refractivity contribution in [2.45, 2.75) is 32.2 Å². The molecule has 1 heterocycles. The number of nitrogens with one attached hydrogen (secondary N) is 1. The highest BCUT2D eigenvalue weighted by atomic mass is 16.5. The van der Waals surface area contributed by atoms with Gasteiger partial charge in [0, 0.05) is 19.0 Å². The maximum absolute atomic E-state index is 13.2. The summed E-state index contributed by atoms with van der Waals surface area (Å²) in [5.41, 5.74) is 4.59. The van der Waals surface area contributed by atoms with Crippen molar-refractivity contribution >= 4 is 18.0 Å². The van der Waals surface area contributed by atoms with Crippen LogP contribution in [-0.2, 0) is 14.3 Å². The second-order valence-electron chi connectivity index (χ2n) is 10.1. The first-order valence-corrected chi connectivity index (χ1v) is 12.0. The minimum Gasteiger partial charge on any atom is -0.481 e. The third kappa shape index (κ3) is 4.04. The Labute approximate surface area is 199 Å². The zero-order valence-electron chi connectivity index (χ0n) is 19.4. The molecule has 0 spiro atoms. The molecule has 3 aliphatic rings. The second kappa shape index (κ2) is 8.78. The molecular formula is C27H30N2O5. The van der Waals surface area contributed by atoms with Crippen LogP contribution in [0.4, 0.5) is 4.79 Å². The molecule has 2 aliphatic carbocycles. The summed E-state index contributed by atoms with van der Waals surface area (Å²) < 4.78 is 5.64. The number of rotatable bonds is 7. The number of nitrogens with zero attached hydrogens (tertiary/aromatic N) is 1. The highest BCUT2D eigenvalue weighted by Crippen LogP contribution is 2.52. The lowest BCUT2D eigenvalue weighted by Gasteiger charge is -2.27. The maximum Gasteiger partial charge on any atom is 0.407 e. The summed E-state index contributed by atoms with van der Waals surface area (Å²) in [7, 11) is 0. The fourth-order valence-electron chi connectivity index (χ4n) is 5.77. The predicted octanol–water partition coefficient (Wildman–Crippen LogP) is 3.73. The fourth-order valence-corrected chi connectivity index (χ4v) is 5.77. The van der Waals surface area contributed by atoms with E-state index in [1.54, 1.807) is 4.90 Å². The van der Waals surface area contributed by atoms with Gasteiger partial charge in [-0.1, -0.05) is 62.4 Å². The van der Waals surface area contributed by atoms with Gasteiger partial charge in [0.1, 0.15) is 12.6 Å². The van der Waals surface area contributed by atoms with Gasteiger partial charge in [-0.3, -0.25) is 9.59 Å². The smallest absolute Gasteiger partial charge is 0.407 e. The Hall–Kier alpha value is -3.35. The number of amides is 2. The van der Waals surface area contributed by atoms with Crippen molar-refractivity contribution in [1.29, 1.82) is 0 Å². The van der Waals surface area contributed by atoms with Crippen LogP contribution >= 0.6 is 0 Å². The summed E-state index contributed by atoms with van der Waals surface area (Å²) in [5.74, 6) is -1.03. The number of carboxylic acids is 1. The number of alkyl carbamates (subject to hydrolysis) is 1. The predicted molar refractivity (Wildman–Crippen MR) is 126 cm³/mol. The highest BCUT2D eigenvalue weighted by Gasteiger charge is 2.60. The zero-order chi connectivity index (χ0) is 24.0. The van der Waals surface area contributed by atoms with E-state index in [9.17, 15) is 19.5 Å². The van der Waals surface area contributed by atoms with Crippen LogP contribution in [0, 0.1) is 23.7 Å². The third-order valence-electron chi connectivity index (χ3n) is 7.43. The van der Waals surface area contributed by atoms with Crippen LogP contribution < -0.4 is 5.32 Å². The summed E-state index contributed by atoms with van der Waals surface area (Å²) >= 11 is 0. The Morgan fingerprint density at radius 3 is 2.09 bits per heavy atom. The van der Waals surface area contributed by atoms with Crippen molar-refractivity contribution in [2.75, 3.05) is 19.7 Å². The van der Waals surface area contributed by atoms with Crippen molar-refractivity contribution in [2.24, 2.45) is 23.7 Å². The number of hydrogen-bond donors (Lipinski definition) is 2. The quantitative estimate of drug-likeness (QED) is 0.654. The lowest BCUT2D eigenvalue weighted by atomic mass is 9.98. The molecule has 4 atom stereocenters. The van der Waals surface area contributed by atoms with Crippen molar-refractivity contribution in [3.63, 3.8) is 0 Å². The molecule has 0 radical (unpaired) electrons. The molecule has 2 amide bonds. The number of likely N-dealkylation sites (tertiary alicyclic amines) is 1. The van der Waals surface area contributed by atoms with Gasteiger partial charge in [-0.15, -0.1) is 0 Å². The number of fused-ring (bicyclic) bond motifs is 4. The molecule has 2 fully saturated rings. The standard InChI is InChI=1S/C27H30N2O5/c1-15(2)11-23(25(30)29-12-20-21(13-29)24(20)26(31)32)28-27(33)34-14-22-18-9-5-3-7-16(18)17-8-4-6-10-19(17)22/h3-10,15,20-24H,11-14H2,1-2H3,(H,28,33)(H,31,32)/t20-,21+,23-,24?/m0/s1. The van der Waals surface area contributed by atoms with E-state index in [1.165, 1.54) is 0 Å². The van der Waals surface area contributed by atoms with Crippen molar-refractivity contribution in [3.05, 3.63) is 59.7 Å². The van der Waals surface area contributed by atoms with E-state index in [1.807, 2.05) is 38.1 Å². The number of ether oxygens (including phenoxy) is 1. The lowest BCUT2D eigenvalue weighted by molar-refractivity contribution is -0.141. The molecule has 7 heteroatoms. The maximum atomic E-state index is 13.2. The van der Waals surface area contributed by atoms with Crippen molar-refractivity contribution < 1.29 is 24.2 Å². The van der Waals surface area contributed by atoms with Gasteiger partial charge in [-0.25, -0.2) is 4.79 Å². The molecule has 5 rings (SSSR count). The van der Waals surface area contributed by atoms with Gasteiger partial charge < -0.3 is 20.1 Å². The number of benzene rings is 2. The average molecular weight is 463 g/mol. The largest absolute Gasteiger partial charge is 0.481 e. The Morgan fingerprint density at radius 2 is 1.56 bits per heavy atom. The number of hydrogen-bond acceptors (Lipinski definition) is 4.